The van der Waals surface area contributed by atoms with E-state index in [9.17, 15) is 24.4 Å². The molecule has 16 heteroatoms. The van der Waals surface area contributed by atoms with Crippen molar-refractivity contribution < 1.29 is 46.9 Å². The Labute approximate surface area is 340 Å². The van der Waals surface area contributed by atoms with Crippen molar-refractivity contribution in [2.75, 3.05) is 38.7 Å². The third-order valence-corrected chi connectivity index (χ3v) is 9.49. The Balaban J connectivity index is 1.54. The number of nitriles is 1. The number of hydrogen-bond donors (Lipinski definition) is 3. The summed E-state index contributed by atoms with van der Waals surface area (Å²) in [6, 6.07) is 12.3. The highest BCUT2D eigenvalue weighted by atomic mass is 35.5. The molecule has 3 aromatic rings. The van der Waals surface area contributed by atoms with Gasteiger partial charge in [0, 0.05) is 22.5 Å². The Morgan fingerprint density at radius 2 is 1.61 bits per heavy atom. The van der Waals surface area contributed by atoms with Crippen molar-refractivity contribution in [1.82, 2.24) is 10.6 Å². The maximum absolute atomic E-state index is 16.0. The fourth-order valence-electron chi connectivity index (χ4n) is 6.76. The summed E-state index contributed by atoms with van der Waals surface area (Å²) in [6.07, 6.45) is 0.273. The maximum atomic E-state index is 16.0. The molecule has 0 unspecified atom stereocenters. The van der Waals surface area contributed by atoms with Crippen molar-refractivity contribution in [2.45, 2.75) is 77.0 Å². The van der Waals surface area contributed by atoms with E-state index in [0.717, 1.165) is 6.07 Å². The molecule has 0 aromatic heterocycles. The molecule has 0 spiro atoms. The van der Waals surface area contributed by atoms with E-state index < -0.39 is 69.9 Å². The number of halogens is 4. The number of carbonyl (C=O) groups is 4. The van der Waals surface area contributed by atoms with E-state index in [1.54, 1.807) is 20.8 Å². The van der Waals surface area contributed by atoms with Crippen LogP contribution in [-0.4, -0.2) is 74.9 Å². The monoisotopic (exact) mass is 830 g/mol. The van der Waals surface area contributed by atoms with Crippen LogP contribution in [0.2, 0.25) is 10.0 Å². The van der Waals surface area contributed by atoms with E-state index in [0.29, 0.717) is 0 Å². The fourth-order valence-corrected chi connectivity index (χ4v) is 7.10. The van der Waals surface area contributed by atoms with Crippen molar-refractivity contribution in [1.29, 1.82) is 5.26 Å². The van der Waals surface area contributed by atoms with Gasteiger partial charge in [-0.15, -0.1) is 0 Å². The lowest BCUT2D eigenvalue weighted by atomic mass is 9.62. The van der Waals surface area contributed by atoms with E-state index in [1.165, 1.54) is 55.6 Å². The van der Waals surface area contributed by atoms with Crippen molar-refractivity contribution in [3.8, 4) is 11.8 Å². The topological polar surface area (TPSA) is 165 Å². The van der Waals surface area contributed by atoms with Crippen LogP contribution in [-0.2, 0) is 34.0 Å². The first-order chi connectivity index (χ1) is 26.7. The van der Waals surface area contributed by atoms with Crippen LogP contribution in [0.4, 0.5) is 14.5 Å². The molecular weight excluding hydrogens is 785 g/mol. The third kappa shape index (κ3) is 11.2. The standard InChI is InChI=1S/C41H46Cl2F2N4O8/c1-39(2,3)19-31-41(22-46,26-13-12-24(42)18-28(26)44)34(25-9-8-10-27(43)35(25)45)36(49-31)37(52)48-29-14-11-23(17-30(29)54-7)38(53)56-16-15-55-32(50)20-47-21-33(51)57-40(4,5)6/h8-14,17-18,31,34,36,47,49H,15-16,19-21H2,1-7H3,(H,48,52)/t31-,34-,36+,41-/m0/s1. The van der Waals surface area contributed by atoms with Gasteiger partial charge in [-0.1, -0.05) is 62.2 Å². The molecule has 306 valence electrons. The Morgan fingerprint density at radius 3 is 2.25 bits per heavy atom. The number of hydrogen-bond acceptors (Lipinski definition) is 11. The number of amides is 1. The number of anilines is 1. The molecule has 0 bridgehead atoms. The van der Waals surface area contributed by atoms with Gasteiger partial charge in [0.25, 0.3) is 0 Å². The molecule has 12 nitrogen and oxygen atoms in total. The van der Waals surface area contributed by atoms with E-state index in [1.807, 2.05) is 20.8 Å². The highest BCUT2D eigenvalue weighted by Gasteiger charge is 2.61. The maximum Gasteiger partial charge on any atom is 0.338 e. The second-order valence-electron chi connectivity index (χ2n) is 15.6. The van der Waals surface area contributed by atoms with Gasteiger partial charge in [0.05, 0.1) is 48.6 Å². The van der Waals surface area contributed by atoms with E-state index >= 15 is 8.78 Å². The summed E-state index contributed by atoms with van der Waals surface area (Å²) in [5, 5.41) is 19.6. The van der Waals surface area contributed by atoms with Crippen molar-refractivity contribution in [3.05, 3.63) is 93.0 Å². The van der Waals surface area contributed by atoms with Crippen LogP contribution in [0.3, 0.4) is 0 Å². The number of methoxy groups -OCH3 is 1. The second kappa shape index (κ2) is 18.6. The number of esters is 3. The Bertz CT molecular complexity index is 2030. The molecule has 0 radical (unpaired) electrons. The predicted molar refractivity (Wildman–Crippen MR) is 209 cm³/mol. The molecule has 3 N–H and O–H groups in total. The molecule has 1 saturated heterocycles. The van der Waals surface area contributed by atoms with Crippen LogP contribution in [0.25, 0.3) is 0 Å². The van der Waals surface area contributed by atoms with Gasteiger partial charge >= 0.3 is 17.9 Å². The highest BCUT2D eigenvalue weighted by Crippen LogP contribution is 2.53. The van der Waals surface area contributed by atoms with Gasteiger partial charge in [-0.2, -0.15) is 5.26 Å². The molecule has 4 atom stereocenters. The Hall–Kier alpha value is -4.81. The molecule has 57 heavy (non-hydrogen) atoms. The van der Waals surface area contributed by atoms with Gasteiger partial charge in [0.2, 0.25) is 5.91 Å². The van der Waals surface area contributed by atoms with Crippen LogP contribution in [0.15, 0.2) is 54.6 Å². The third-order valence-electron chi connectivity index (χ3n) is 8.96. The van der Waals surface area contributed by atoms with Gasteiger partial charge in [-0.05, 0) is 74.6 Å². The molecule has 0 saturated carbocycles. The SMILES string of the molecule is COc1cc(C(=O)OCCOC(=O)CNCC(=O)OC(C)(C)C)ccc1NC(=O)[C@@H]1N[C@@H](CC(C)(C)C)[C@](C#N)(c2ccc(Cl)cc2F)[C@H]1c1cccc(Cl)c1F. The summed E-state index contributed by atoms with van der Waals surface area (Å²) in [4.78, 5) is 51.0. The minimum atomic E-state index is -1.84. The number of ether oxygens (including phenoxy) is 4. The number of carbonyl (C=O) groups excluding carboxylic acids is 4. The number of rotatable bonds is 14. The Morgan fingerprint density at radius 1 is 0.930 bits per heavy atom. The first-order valence-corrected chi connectivity index (χ1v) is 18.8. The molecule has 3 aromatic carbocycles. The normalized spacial score (nSPS) is 19.3. The second-order valence-corrected chi connectivity index (χ2v) is 16.5. The zero-order chi connectivity index (χ0) is 42.3. The van der Waals surface area contributed by atoms with Gasteiger partial charge in [0.15, 0.2) is 0 Å². The number of nitrogens with one attached hydrogen (secondary N) is 3. The molecular formula is C41H46Cl2F2N4O8. The summed E-state index contributed by atoms with van der Waals surface area (Å²) in [7, 11) is 1.32. The first-order valence-electron chi connectivity index (χ1n) is 18.0. The molecule has 1 fully saturated rings. The summed E-state index contributed by atoms with van der Waals surface area (Å²) in [6.45, 7) is 9.94. The number of benzene rings is 3. The highest BCUT2D eigenvalue weighted by molar-refractivity contribution is 6.31. The summed E-state index contributed by atoms with van der Waals surface area (Å²) in [5.41, 5.74) is -2.92. The zero-order valence-electron chi connectivity index (χ0n) is 32.7. The number of nitrogens with zero attached hydrogens (tertiary/aromatic N) is 1. The van der Waals surface area contributed by atoms with Crippen LogP contribution < -0.4 is 20.7 Å². The van der Waals surface area contributed by atoms with E-state index in [2.05, 4.69) is 22.0 Å². The van der Waals surface area contributed by atoms with Crippen molar-refractivity contribution in [2.24, 2.45) is 5.41 Å². The van der Waals surface area contributed by atoms with Crippen LogP contribution in [0, 0.1) is 28.4 Å². The first kappa shape index (κ1) is 44.9. The molecule has 4 rings (SSSR count). The molecule has 1 aliphatic rings. The minimum absolute atomic E-state index is 0.0417. The van der Waals surface area contributed by atoms with Gasteiger partial charge in [-0.3, -0.25) is 19.7 Å². The largest absolute Gasteiger partial charge is 0.495 e. The fraction of sp³-hybridized carbons (Fsp3) is 0.439. The molecule has 0 aliphatic carbocycles. The Kier molecular flexibility index (Phi) is 14.7. The smallest absolute Gasteiger partial charge is 0.338 e. The lowest BCUT2D eigenvalue weighted by Crippen LogP contribution is -2.45. The van der Waals surface area contributed by atoms with Gasteiger partial charge in [0.1, 0.15) is 41.6 Å². The zero-order valence-corrected chi connectivity index (χ0v) is 34.2. The van der Waals surface area contributed by atoms with Crippen LogP contribution in [0.1, 0.15) is 75.4 Å². The van der Waals surface area contributed by atoms with Gasteiger partial charge in [-0.25, -0.2) is 13.6 Å². The molecule has 1 aliphatic heterocycles. The summed E-state index contributed by atoms with van der Waals surface area (Å²) < 4.78 is 52.9. The van der Waals surface area contributed by atoms with Crippen molar-refractivity contribution in [3.63, 3.8) is 0 Å². The lowest BCUT2D eigenvalue weighted by molar-refractivity contribution is -0.153. The quantitative estimate of drug-likeness (QED) is 0.0882. The lowest BCUT2D eigenvalue weighted by Gasteiger charge is -2.37. The van der Waals surface area contributed by atoms with Gasteiger partial charge < -0.3 is 29.6 Å². The summed E-state index contributed by atoms with van der Waals surface area (Å²) in [5.74, 6) is -5.61. The average molecular weight is 832 g/mol. The van der Waals surface area contributed by atoms with Crippen LogP contribution in [0.5, 0.6) is 5.75 Å². The van der Waals surface area contributed by atoms with E-state index in [4.69, 9.17) is 42.1 Å². The van der Waals surface area contributed by atoms with Crippen molar-refractivity contribution >= 4 is 52.7 Å². The average Bonchev–Trinajstić information content (AvgIpc) is 3.43. The van der Waals surface area contributed by atoms with Crippen LogP contribution >= 0.6 is 23.2 Å². The minimum Gasteiger partial charge on any atom is -0.495 e. The molecule has 1 amide bonds. The predicted octanol–water partition coefficient (Wildman–Crippen LogP) is 6.87. The summed E-state index contributed by atoms with van der Waals surface area (Å²) >= 11 is 12.4. The van der Waals surface area contributed by atoms with E-state index in [-0.39, 0.29) is 70.9 Å². The molecule has 1 heterocycles.